The molecule has 0 saturated heterocycles. The third-order valence-corrected chi connectivity index (χ3v) is 15.4. The van der Waals surface area contributed by atoms with Crippen molar-refractivity contribution in [3.63, 3.8) is 0 Å². The van der Waals surface area contributed by atoms with Gasteiger partial charge in [0.2, 0.25) is 5.91 Å². The van der Waals surface area contributed by atoms with Crippen molar-refractivity contribution >= 4 is 11.9 Å². The lowest BCUT2D eigenvalue weighted by Crippen LogP contribution is -2.45. The van der Waals surface area contributed by atoms with Crippen LogP contribution >= 0.6 is 0 Å². The number of carbonyl (C=O) groups excluding carboxylic acids is 2. The first-order valence-corrected chi connectivity index (χ1v) is 32.3. The molecule has 0 aliphatic rings. The number of ether oxygens (including phenoxy) is 1. The van der Waals surface area contributed by atoms with Gasteiger partial charge in [-0.05, 0) is 25.7 Å². The fourth-order valence-electron chi connectivity index (χ4n) is 10.5. The summed E-state index contributed by atoms with van der Waals surface area (Å²) in [5, 5.41) is 23.2. The van der Waals surface area contributed by atoms with Gasteiger partial charge in [0.25, 0.3) is 0 Å². The highest BCUT2D eigenvalue weighted by atomic mass is 16.5. The van der Waals surface area contributed by atoms with E-state index in [1.54, 1.807) is 0 Å². The zero-order valence-corrected chi connectivity index (χ0v) is 47.8. The van der Waals surface area contributed by atoms with E-state index in [1.165, 1.54) is 302 Å². The van der Waals surface area contributed by atoms with Crippen LogP contribution in [0.2, 0.25) is 0 Å². The van der Waals surface area contributed by atoms with Gasteiger partial charge in [-0.25, -0.2) is 0 Å². The highest BCUT2D eigenvalue weighted by Gasteiger charge is 2.20. The fourth-order valence-corrected chi connectivity index (χ4v) is 10.5. The van der Waals surface area contributed by atoms with Crippen LogP contribution in [0.3, 0.4) is 0 Å². The summed E-state index contributed by atoms with van der Waals surface area (Å²) in [5.41, 5.74) is 0. The standard InChI is InChI=1S/C64H127NO5/c1-3-5-7-9-11-13-15-16-34-38-42-46-50-54-58-64(69)70-59-55-51-47-43-39-35-32-30-28-26-24-22-20-18-17-19-21-23-25-27-29-31-33-37-41-45-49-53-57-63(68)65-61(60-66)62(67)56-52-48-44-40-36-14-12-10-8-6-4-2/h61-62,66-67H,3-60H2,1-2H3,(H,65,68). The maximum absolute atomic E-state index is 12.4. The van der Waals surface area contributed by atoms with Crippen molar-refractivity contribution in [1.29, 1.82) is 0 Å². The van der Waals surface area contributed by atoms with E-state index in [1.807, 2.05) is 0 Å². The molecule has 0 bridgehead atoms. The Hall–Kier alpha value is -1.14. The molecule has 0 radical (unpaired) electrons. The molecule has 2 unspecified atom stereocenters. The monoisotopic (exact) mass is 990 g/mol. The molecule has 70 heavy (non-hydrogen) atoms. The first kappa shape index (κ1) is 68.9. The SMILES string of the molecule is CCCCCCCCCCCCCCCCC(=O)OCCCCCCCCCCCCCCCCCCCCCCCCCCCCCCC(=O)NC(CO)C(O)CCCCCCCCCCCCC. The van der Waals surface area contributed by atoms with Crippen molar-refractivity contribution in [2.75, 3.05) is 13.2 Å². The average molecular weight is 991 g/mol. The molecule has 418 valence electrons. The normalized spacial score (nSPS) is 12.5. The molecule has 0 saturated carbocycles. The summed E-state index contributed by atoms with van der Waals surface area (Å²) in [6.07, 6.45) is 71.4. The number of aliphatic hydroxyl groups excluding tert-OH is 2. The zero-order valence-electron chi connectivity index (χ0n) is 47.8. The van der Waals surface area contributed by atoms with Gasteiger partial charge in [-0.1, -0.05) is 335 Å². The van der Waals surface area contributed by atoms with Crippen molar-refractivity contribution in [3.05, 3.63) is 0 Å². The number of unbranched alkanes of at least 4 members (excludes halogenated alkanes) is 50. The number of nitrogens with one attached hydrogen (secondary N) is 1. The lowest BCUT2D eigenvalue weighted by Gasteiger charge is -2.22. The molecule has 6 heteroatoms. The molecule has 3 N–H and O–H groups in total. The summed E-state index contributed by atoms with van der Waals surface area (Å²) in [6, 6.07) is -0.536. The number of hydrogen-bond donors (Lipinski definition) is 3. The molecule has 0 aliphatic carbocycles. The second kappa shape index (κ2) is 60.4. The van der Waals surface area contributed by atoms with Crippen molar-refractivity contribution < 1.29 is 24.5 Å². The van der Waals surface area contributed by atoms with E-state index in [0.717, 1.165) is 38.5 Å². The number of esters is 1. The molecule has 0 fully saturated rings. The van der Waals surface area contributed by atoms with Crippen molar-refractivity contribution in [2.24, 2.45) is 0 Å². The van der Waals surface area contributed by atoms with Gasteiger partial charge in [0, 0.05) is 12.8 Å². The zero-order chi connectivity index (χ0) is 50.7. The number of aliphatic hydroxyl groups is 2. The minimum Gasteiger partial charge on any atom is -0.466 e. The van der Waals surface area contributed by atoms with Gasteiger partial charge in [0.15, 0.2) is 0 Å². The number of amides is 1. The van der Waals surface area contributed by atoms with E-state index in [9.17, 15) is 19.8 Å². The summed E-state index contributed by atoms with van der Waals surface area (Å²) >= 11 is 0. The Labute approximate surface area is 438 Å². The fraction of sp³-hybridized carbons (Fsp3) is 0.969. The van der Waals surface area contributed by atoms with Crippen molar-refractivity contribution in [2.45, 2.75) is 386 Å². The smallest absolute Gasteiger partial charge is 0.305 e. The highest BCUT2D eigenvalue weighted by Crippen LogP contribution is 2.19. The van der Waals surface area contributed by atoms with E-state index in [0.29, 0.717) is 25.9 Å². The maximum Gasteiger partial charge on any atom is 0.305 e. The summed E-state index contributed by atoms with van der Waals surface area (Å²) in [6.45, 7) is 4.98. The topological polar surface area (TPSA) is 95.9 Å². The van der Waals surface area contributed by atoms with Crippen LogP contribution < -0.4 is 5.32 Å². The summed E-state index contributed by atoms with van der Waals surface area (Å²) in [5.74, 6) is -0.00863. The van der Waals surface area contributed by atoms with Crippen LogP contribution in [0.15, 0.2) is 0 Å². The van der Waals surface area contributed by atoms with Gasteiger partial charge in [-0.15, -0.1) is 0 Å². The van der Waals surface area contributed by atoms with Crippen LogP contribution in [0.25, 0.3) is 0 Å². The quantitative estimate of drug-likeness (QED) is 0.0417. The van der Waals surface area contributed by atoms with Crippen LogP contribution in [0.4, 0.5) is 0 Å². The molecule has 0 aromatic carbocycles. The summed E-state index contributed by atoms with van der Waals surface area (Å²) < 4.78 is 5.49. The molecular formula is C64H127NO5. The van der Waals surface area contributed by atoms with E-state index in [4.69, 9.17) is 4.74 Å². The Balaban J connectivity index is 3.30. The minimum atomic E-state index is -0.659. The minimum absolute atomic E-state index is 0.0219. The largest absolute Gasteiger partial charge is 0.466 e. The summed E-state index contributed by atoms with van der Waals surface area (Å²) in [7, 11) is 0. The molecule has 2 atom stereocenters. The van der Waals surface area contributed by atoms with Crippen LogP contribution in [-0.4, -0.2) is 47.4 Å². The molecule has 6 nitrogen and oxygen atoms in total. The van der Waals surface area contributed by atoms with E-state index >= 15 is 0 Å². The highest BCUT2D eigenvalue weighted by molar-refractivity contribution is 5.76. The van der Waals surface area contributed by atoms with Crippen molar-refractivity contribution in [1.82, 2.24) is 5.32 Å². The van der Waals surface area contributed by atoms with Crippen LogP contribution in [-0.2, 0) is 14.3 Å². The van der Waals surface area contributed by atoms with Crippen LogP contribution in [0, 0.1) is 0 Å². The van der Waals surface area contributed by atoms with E-state index in [2.05, 4.69) is 19.2 Å². The molecule has 0 spiro atoms. The van der Waals surface area contributed by atoms with Gasteiger partial charge in [-0.3, -0.25) is 9.59 Å². The number of carbonyl (C=O) groups is 2. The molecule has 0 aromatic heterocycles. The Morgan fingerprint density at radius 1 is 0.343 bits per heavy atom. The molecular weight excluding hydrogens is 863 g/mol. The first-order chi connectivity index (χ1) is 34.5. The second-order valence-electron chi connectivity index (χ2n) is 22.5. The van der Waals surface area contributed by atoms with Crippen LogP contribution in [0.5, 0.6) is 0 Å². The van der Waals surface area contributed by atoms with Gasteiger partial charge in [0.05, 0.1) is 25.4 Å². The van der Waals surface area contributed by atoms with Crippen molar-refractivity contribution in [3.8, 4) is 0 Å². The molecule has 0 rings (SSSR count). The van der Waals surface area contributed by atoms with E-state index < -0.39 is 12.1 Å². The van der Waals surface area contributed by atoms with E-state index in [-0.39, 0.29) is 18.5 Å². The second-order valence-corrected chi connectivity index (χ2v) is 22.5. The van der Waals surface area contributed by atoms with Crippen LogP contribution in [0.1, 0.15) is 373 Å². The lowest BCUT2D eigenvalue weighted by molar-refractivity contribution is -0.143. The molecule has 1 amide bonds. The number of hydrogen-bond acceptors (Lipinski definition) is 5. The maximum atomic E-state index is 12.4. The average Bonchev–Trinajstić information content (AvgIpc) is 3.36. The Morgan fingerprint density at radius 2 is 0.586 bits per heavy atom. The molecule has 0 aromatic rings. The van der Waals surface area contributed by atoms with Gasteiger partial charge in [-0.2, -0.15) is 0 Å². The Morgan fingerprint density at radius 3 is 0.871 bits per heavy atom. The lowest BCUT2D eigenvalue weighted by atomic mass is 10.0. The summed E-state index contributed by atoms with van der Waals surface area (Å²) in [4.78, 5) is 24.5. The number of rotatable bonds is 61. The van der Waals surface area contributed by atoms with Gasteiger partial charge in [0.1, 0.15) is 0 Å². The molecule has 0 heterocycles. The third kappa shape index (κ3) is 56.2. The predicted octanol–water partition coefficient (Wildman–Crippen LogP) is 20.3. The Bertz CT molecular complexity index is 1010. The Kier molecular flexibility index (Phi) is 59.4. The van der Waals surface area contributed by atoms with Gasteiger partial charge >= 0.3 is 5.97 Å². The predicted molar refractivity (Wildman–Crippen MR) is 306 cm³/mol. The third-order valence-electron chi connectivity index (χ3n) is 15.4. The van der Waals surface area contributed by atoms with Gasteiger partial charge < -0.3 is 20.3 Å². The molecule has 0 aliphatic heterocycles. The first-order valence-electron chi connectivity index (χ1n) is 32.3.